The number of amides is 2. The number of carbonyl (C=O) groups excluding carboxylic acids is 2. The molecule has 0 radical (unpaired) electrons. The summed E-state index contributed by atoms with van der Waals surface area (Å²) >= 11 is 0. The average Bonchev–Trinajstić information content (AvgIpc) is 2.89. The molecule has 2 heterocycles. The molecule has 6 heteroatoms. The second kappa shape index (κ2) is 6.70. The highest BCUT2D eigenvalue weighted by Gasteiger charge is 2.11. The van der Waals surface area contributed by atoms with E-state index in [1.54, 1.807) is 16.8 Å². The van der Waals surface area contributed by atoms with E-state index in [1.807, 2.05) is 18.2 Å². The van der Waals surface area contributed by atoms with Gasteiger partial charge in [-0.2, -0.15) is 5.10 Å². The summed E-state index contributed by atoms with van der Waals surface area (Å²) < 4.78 is 1.62. The maximum atomic E-state index is 11.9. The third-order valence-corrected chi connectivity index (χ3v) is 2.86. The first-order chi connectivity index (χ1) is 9.70. The van der Waals surface area contributed by atoms with E-state index in [4.69, 9.17) is 0 Å². The van der Waals surface area contributed by atoms with Gasteiger partial charge >= 0.3 is 0 Å². The van der Waals surface area contributed by atoms with E-state index < -0.39 is 0 Å². The lowest BCUT2D eigenvalue weighted by Crippen LogP contribution is -2.37. The molecule has 0 aliphatic carbocycles. The van der Waals surface area contributed by atoms with Crippen LogP contribution in [0.1, 0.15) is 30.3 Å². The van der Waals surface area contributed by atoms with Crippen molar-refractivity contribution < 1.29 is 9.59 Å². The van der Waals surface area contributed by atoms with E-state index in [1.165, 1.54) is 0 Å². The Morgan fingerprint density at radius 1 is 1.30 bits per heavy atom. The molecule has 0 saturated heterocycles. The highest BCUT2D eigenvalue weighted by molar-refractivity contribution is 5.95. The maximum Gasteiger partial charge on any atom is 0.272 e. The van der Waals surface area contributed by atoms with Crippen molar-refractivity contribution in [3.8, 4) is 0 Å². The number of aromatic nitrogens is 2. The second-order valence-electron chi connectivity index (χ2n) is 4.49. The molecule has 2 N–H and O–H groups in total. The minimum atomic E-state index is -0.348. The van der Waals surface area contributed by atoms with E-state index in [9.17, 15) is 9.59 Å². The van der Waals surface area contributed by atoms with Gasteiger partial charge in [0.05, 0.1) is 12.1 Å². The van der Waals surface area contributed by atoms with Crippen LogP contribution in [0.15, 0.2) is 30.5 Å². The number of hydrogen-bond acceptors (Lipinski definition) is 3. The summed E-state index contributed by atoms with van der Waals surface area (Å²) in [6, 6.07) is 7.26. The Kier molecular flexibility index (Phi) is 4.70. The molecule has 2 aromatic rings. The minimum Gasteiger partial charge on any atom is -0.355 e. The molecule has 0 aromatic carbocycles. The smallest absolute Gasteiger partial charge is 0.272 e. The first-order valence-electron chi connectivity index (χ1n) is 6.70. The average molecular weight is 274 g/mol. The number of fused-ring (bicyclic) bond motifs is 1. The van der Waals surface area contributed by atoms with Crippen LogP contribution < -0.4 is 10.6 Å². The van der Waals surface area contributed by atoms with Gasteiger partial charge in [-0.1, -0.05) is 19.4 Å². The van der Waals surface area contributed by atoms with E-state index in [-0.39, 0.29) is 18.4 Å². The van der Waals surface area contributed by atoms with Crippen molar-refractivity contribution in [3.05, 3.63) is 36.2 Å². The number of pyridine rings is 1. The van der Waals surface area contributed by atoms with Crippen LogP contribution in [-0.2, 0) is 4.79 Å². The zero-order valence-corrected chi connectivity index (χ0v) is 11.4. The van der Waals surface area contributed by atoms with Crippen LogP contribution in [-0.4, -0.2) is 34.5 Å². The van der Waals surface area contributed by atoms with Crippen molar-refractivity contribution in [3.63, 3.8) is 0 Å². The molecule has 0 fully saturated rings. The third-order valence-electron chi connectivity index (χ3n) is 2.86. The van der Waals surface area contributed by atoms with Crippen molar-refractivity contribution in [1.82, 2.24) is 20.2 Å². The van der Waals surface area contributed by atoms with Crippen LogP contribution in [0.25, 0.3) is 5.52 Å². The molecule has 0 saturated carbocycles. The molecule has 0 atom stereocenters. The molecule has 0 aliphatic rings. The van der Waals surface area contributed by atoms with Gasteiger partial charge in [0.15, 0.2) is 5.69 Å². The molecule has 0 bridgehead atoms. The van der Waals surface area contributed by atoms with E-state index in [2.05, 4.69) is 22.7 Å². The van der Waals surface area contributed by atoms with E-state index in [0.717, 1.165) is 18.4 Å². The predicted octanol–water partition coefficient (Wildman–Crippen LogP) is 0.980. The predicted molar refractivity (Wildman–Crippen MR) is 75.4 cm³/mol. The Morgan fingerprint density at radius 2 is 2.15 bits per heavy atom. The molecule has 2 aromatic heterocycles. The van der Waals surface area contributed by atoms with Crippen molar-refractivity contribution >= 4 is 17.3 Å². The molecule has 20 heavy (non-hydrogen) atoms. The zero-order valence-electron chi connectivity index (χ0n) is 11.4. The lowest BCUT2D eigenvalue weighted by molar-refractivity contribution is -0.120. The van der Waals surface area contributed by atoms with Crippen LogP contribution in [0.3, 0.4) is 0 Å². The summed E-state index contributed by atoms with van der Waals surface area (Å²) in [5, 5.41) is 9.44. The van der Waals surface area contributed by atoms with Crippen LogP contribution in [0, 0.1) is 0 Å². The highest BCUT2D eigenvalue weighted by atomic mass is 16.2. The molecule has 2 rings (SSSR count). The zero-order chi connectivity index (χ0) is 14.4. The van der Waals surface area contributed by atoms with Gasteiger partial charge in [0.1, 0.15) is 0 Å². The number of carbonyl (C=O) groups is 2. The molecule has 0 spiro atoms. The molecule has 0 unspecified atom stereocenters. The Hall–Kier alpha value is -2.37. The maximum absolute atomic E-state index is 11.9. The van der Waals surface area contributed by atoms with Crippen LogP contribution >= 0.6 is 0 Å². The van der Waals surface area contributed by atoms with E-state index in [0.29, 0.717) is 12.2 Å². The van der Waals surface area contributed by atoms with Gasteiger partial charge in [0, 0.05) is 12.7 Å². The van der Waals surface area contributed by atoms with Gasteiger partial charge in [0.2, 0.25) is 5.91 Å². The molecule has 106 valence electrons. The van der Waals surface area contributed by atoms with Gasteiger partial charge in [-0.15, -0.1) is 0 Å². The Labute approximate surface area is 117 Å². The van der Waals surface area contributed by atoms with Crippen LogP contribution in [0.2, 0.25) is 0 Å². The Balaban J connectivity index is 1.87. The van der Waals surface area contributed by atoms with Crippen molar-refractivity contribution in [2.45, 2.75) is 19.8 Å². The summed E-state index contributed by atoms with van der Waals surface area (Å²) in [5.41, 5.74) is 1.14. The van der Waals surface area contributed by atoms with E-state index >= 15 is 0 Å². The summed E-state index contributed by atoms with van der Waals surface area (Å²) in [7, 11) is 0. The number of nitrogens with zero attached hydrogens (tertiary/aromatic N) is 2. The van der Waals surface area contributed by atoms with Gasteiger partial charge in [-0.05, 0) is 24.6 Å². The molecule has 2 amide bonds. The fraction of sp³-hybridized carbons (Fsp3) is 0.357. The minimum absolute atomic E-state index is 0.0313. The number of hydrogen-bond donors (Lipinski definition) is 2. The largest absolute Gasteiger partial charge is 0.355 e. The molecular weight excluding hydrogens is 256 g/mol. The van der Waals surface area contributed by atoms with Gasteiger partial charge in [-0.3, -0.25) is 9.59 Å². The lowest BCUT2D eigenvalue weighted by atomic mass is 10.3. The standard InChI is InChI=1S/C14H18N4O2/c1-2-3-7-15-13(19)10-16-14(20)12-9-11-6-4-5-8-18(11)17-12/h4-6,8-9H,2-3,7,10H2,1H3,(H,15,19)(H,16,20). The quantitative estimate of drug-likeness (QED) is 0.771. The van der Waals surface area contributed by atoms with Crippen molar-refractivity contribution in [2.75, 3.05) is 13.1 Å². The molecular formula is C14H18N4O2. The van der Waals surface area contributed by atoms with Crippen molar-refractivity contribution in [1.29, 1.82) is 0 Å². The first-order valence-corrected chi connectivity index (χ1v) is 6.70. The van der Waals surface area contributed by atoms with Crippen LogP contribution in [0.5, 0.6) is 0 Å². The second-order valence-corrected chi connectivity index (χ2v) is 4.49. The topological polar surface area (TPSA) is 75.5 Å². The summed E-state index contributed by atoms with van der Waals surface area (Å²) in [4.78, 5) is 23.4. The highest BCUT2D eigenvalue weighted by Crippen LogP contribution is 2.05. The molecule has 6 nitrogen and oxygen atoms in total. The van der Waals surface area contributed by atoms with Gasteiger partial charge in [-0.25, -0.2) is 4.52 Å². The monoisotopic (exact) mass is 274 g/mol. The fourth-order valence-corrected chi connectivity index (χ4v) is 1.77. The summed E-state index contributed by atoms with van der Waals surface area (Å²) in [5.74, 6) is -0.532. The number of rotatable bonds is 6. The van der Waals surface area contributed by atoms with Gasteiger partial charge < -0.3 is 10.6 Å². The Morgan fingerprint density at radius 3 is 2.90 bits per heavy atom. The summed E-state index contributed by atoms with van der Waals surface area (Å²) in [6.45, 7) is 2.66. The van der Waals surface area contributed by atoms with Gasteiger partial charge in [0.25, 0.3) is 5.91 Å². The first kappa shape index (κ1) is 14.0. The van der Waals surface area contributed by atoms with Crippen LogP contribution in [0.4, 0.5) is 0 Å². The normalized spacial score (nSPS) is 10.4. The number of unbranched alkanes of at least 4 members (excludes halogenated alkanes) is 1. The van der Waals surface area contributed by atoms with Crippen molar-refractivity contribution in [2.24, 2.45) is 0 Å². The SMILES string of the molecule is CCCCNC(=O)CNC(=O)c1cc2ccccn2n1. The lowest BCUT2D eigenvalue weighted by Gasteiger charge is -2.04. The summed E-state index contributed by atoms with van der Waals surface area (Å²) in [6.07, 6.45) is 3.73. The number of nitrogens with one attached hydrogen (secondary N) is 2. The third kappa shape index (κ3) is 3.57. The fourth-order valence-electron chi connectivity index (χ4n) is 1.77. The Bertz CT molecular complexity index is 573. The molecule has 0 aliphatic heterocycles.